The minimum absolute atomic E-state index is 0.148. The Labute approximate surface area is 118 Å². The summed E-state index contributed by atoms with van der Waals surface area (Å²) in [7, 11) is 0. The third-order valence-corrected chi connectivity index (χ3v) is 2.88. The van der Waals surface area contributed by atoms with Gasteiger partial charge in [-0.05, 0) is 26.8 Å². The summed E-state index contributed by atoms with van der Waals surface area (Å²) in [5.41, 5.74) is 1.34. The summed E-state index contributed by atoms with van der Waals surface area (Å²) in [4.78, 5) is 8.58. The lowest BCUT2D eigenvalue weighted by Crippen LogP contribution is -2.08. The molecule has 0 spiro atoms. The maximum atomic E-state index is 13.5. The largest absolute Gasteiger partial charge is 0.472 e. The number of anilines is 1. The van der Waals surface area contributed by atoms with Crippen LogP contribution in [0, 0.1) is 19.7 Å². The van der Waals surface area contributed by atoms with E-state index in [2.05, 4.69) is 15.3 Å². The lowest BCUT2D eigenvalue weighted by Gasteiger charge is -2.13. The summed E-state index contributed by atoms with van der Waals surface area (Å²) in [6, 6.07) is 6.55. The second-order valence-corrected chi connectivity index (χ2v) is 4.46. The molecule has 0 saturated heterocycles. The van der Waals surface area contributed by atoms with Crippen LogP contribution in [0.2, 0.25) is 0 Å². The molecule has 0 amide bonds. The van der Waals surface area contributed by atoms with E-state index in [0.717, 1.165) is 17.9 Å². The van der Waals surface area contributed by atoms with Crippen LogP contribution in [0.15, 0.2) is 24.3 Å². The molecule has 0 radical (unpaired) electrons. The summed E-state index contributed by atoms with van der Waals surface area (Å²) >= 11 is 0. The van der Waals surface area contributed by atoms with Gasteiger partial charge in [-0.1, -0.05) is 18.2 Å². The van der Waals surface area contributed by atoms with Gasteiger partial charge in [0.15, 0.2) is 0 Å². The molecule has 5 heteroatoms. The van der Waals surface area contributed by atoms with Crippen LogP contribution in [0.1, 0.15) is 23.9 Å². The number of benzene rings is 1. The molecular formula is C15H18FN3O. The normalized spacial score (nSPS) is 10.4. The van der Waals surface area contributed by atoms with Gasteiger partial charge in [-0.3, -0.25) is 0 Å². The van der Waals surface area contributed by atoms with Gasteiger partial charge in [0.1, 0.15) is 24.1 Å². The van der Waals surface area contributed by atoms with E-state index in [9.17, 15) is 4.39 Å². The average molecular weight is 275 g/mol. The number of nitrogens with one attached hydrogen (secondary N) is 1. The first kappa shape index (κ1) is 14.2. The number of rotatable bonds is 5. The Kier molecular flexibility index (Phi) is 4.50. The van der Waals surface area contributed by atoms with E-state index >= 15 is 0 Å². The van der Waals surface area contributed by atoms with Gasteiger partial charge < -0.3 is 10.1 Å². The number of halogens is 1. The number of hydrogen-bond acceptors (Lipinski definition) is 4. The van der Waals surface area contributed by atoms with Crippen molar-refractivity contribution in [2.75, 3.05) is 11.9 Å². The minimum atomic E-state index is -0.275. The van der Waals surface area contributed by atoms with E-state index in [1.54, 1.807) is 25.1 Å². The zero-order chi connectivity index (χ0) is 14.5. The highest BCUT2D eigenvalue weighted by Gasteiger charge is 2.11. The van der Waals surface area contributed by atoms with Crippen molar-refractivity contribution in [2.45, 2.75) is 27.4 Å². The fourth-order valence-electron chi connectivity index (χ4n) is 1.84. The summed E-state index contributed by atoms with van der Waals surface area (Å²) in [5, 5.41) is 3.16. The second-order valence-electron chi connectivity index (χ2n) is 4.46. The molecule has 0 saturated carbocycles. The Bertz CT molecular complexity index is 602. The van der Waals surface area contributed by atoms with E-state index in [0.29, 0.717) is 17.3 Å². The third-order valence-electron chi connectivity index (χ3n) is 2.88. The predicted octanol–water partition coefficient (Wildman–Crippen LogP) is 3.24. The fraction of sp³-hybridized carbons (Fsp3) is 0.333. The van der Waals surface area contributed by atoms with Crippen LogP contribution < -0.4 is 10.1 Å². The van der Waals surface area contributed by atoms with Gasteiger partial charge in [0, 0.05) is 12.1 Å². The Morgan fingerprint density at radius 3 is 2.65 bits per heavy atom. The molecule has 0 unspecified atom stereocenters. The summed E-state index contributed by atoms with van der Waals surface area (Å²) in [5.74, 6) is 1.58. The van der Waals surface area contributed by atoms with E-state index in [1.165, 1.54) is 6.07 Å². The van der Waals surface area contributed by atoms with Gasteiger partial charge in [-0.15, -0.1) is 0 Å². The van der Waals surface area contributed by atoms with E-state index in [4.69, 9.17) is 4.74 Å². The maximum absolute atomic E-state index is 13.5. The number of aryl methyl sites for hydroxylation is 1. The van der Waals surface area contributed by atoms with Gasteiger partial charge >= 0.3 is 0 Å². The van der Waals surface area contributed by atoms with Crippen molar-refractivity contribution < 1.29 is 9.13 Å². The van der Waals surface area contributed by atoms with Crippen LogP contribution >= 0.6 is 0 Å². The first-order chi connectivity index (χ1) is 9.61. The quantitative estimate of drug-likeness (QED) is 0.910. The van der Waals surface area contributed by atoms with E-state index in [-0.39, 0.29) is 12.4 Å². The first-order valence-electron chi connectivity index (χ1n) is 6.57. The van der Waals surface area contributed by atoms with Crippen LogP contribution in [0.3, 0.4) is 0 Å². The molecule has 20 heavy (non-hydrogen) atoms. The first-order valence-corrected chi connectivity index (χ1v) is 6.57. The number of aromatic nitrogens is 2. The predicted molar refractivity (Wildman–Crippen MR) is 76.4 cm³/mol. The molecule has 0 bridgehead atoms. The number of ether oxygens (including phenoxy) is 1. The summed E-state index contributed by atoms with van der Waals surface area (Å²) < 4.78 is 19.2. The Morgan fingerprint density at radius 2 is 1.95 bits per heavy atom. The van der Waals surface area contributed by atoms with Crippen LogP contribution in [-0.4, -0.2) is 16.5 Å². The van der Waals surface area contributed by atoms with Gasteiger partial charge in [0.2, 0.25) is 5.88 Å². The molecule has 0 aliphatic carbocycles. The van der Waals surface area contributed by atoms with Crippen molar-refractivity contribution in [1.82, 2.24) is 9.97 Å². The summed E-state index contributed by atoms with van der Waals surface area (Å²) in [6.45, 7) is 6.60. The Balaban J connectivity index is 2.19. The second kappa shape index (κ2) is 6.32. The minimum Gasteiger partial charge on any atom is -0.472 e. The number of hydrogen-bond donors (Lipinski definition) is 1. The highest BCUT2D eigenvalue weighted by atomic mass is 19.1. The smallest absolute Gasteiger partial charge is 0.222 e. The summed E-state index contributed by atoms with van der Waals surface area (Å²) in [6.07, 6.45) is 0. The zero-order valence-electron chi connectivity index (χ0n) is 11.9. The van der Waals surface area contributed by atoms with Crippen molar-refractivity contribution in [3.63, 3.8) is 0 Å². The lowest BCUT2D eigenvalue weighted by molar-refractivity contribution is 0.285. The van der Waals surface area contributed by atoms with Crippen LogP contribution in [0.25, 0.3) is 0 Å². The molecule has 106 valence electrons. The van der Waals surface area contributed by atoms with Crippen molar-refractivity contribution in [2.24, 2.45) is 0 Å². The number of nitrogens with zero attached hydrogens (tertiary/aromatic N) is 2. The molecule has 1 aromatic heterocycles. The zero-order valence-corrected chi connectivity index (χ0v) is 11.9. The highest BCUT2D eigenvalue weighted by Crippen LogP contribution is 2.23. The lowest BCUT2D eigenvalue weighted by atomic mass is 10.2. The molecular weight excluding hydrogens is 257 g/mol. The molecule has 2 rings (SSSR count). The van der Waals surface area contributed by atoms with E-state index < -0.39 is 0 Å². The average Bonchev–Trinajstić information content (AvgIpc) is 2.42. The van der Waals surface area contributed by atoms with Gasteiger partial charge in [-0.2, -0.15) is 4.98 Å². The van der Waals surface area contributed by atoms with Crippen molar-refractivity contribution >= 4 is 5.82 Å². The molecule has 4 nitrogen and oxygen atoms in total. The van der Waals surface area contributed by atoms with Crippen LogP contribution in [0.5, 0.6) is 5.88 Å². The van der Waals surface area contributed by atoms with Crippen LogP contribution in [0.4, 0.5) is 10.2 Å². The maximum Gasteiger partial charge on any atom is 0.222 e. The standard InChI is InChI=1S/C15H18FN3O/c1-4-17-14-10(2)15(19-11(3)18-14)20-9-12-7-5-6-8-13(12)16/h5-8H,4,9H2,1-3H3,(H,17,18,19). The molecule has 1 N–H and O–H groups in total. The van der Waals surface area contributed by atoms with Crippen molar-refractivity contribution in [3.05, 3.63) is 47.0 Å². The molecule has 2 aromatic rings. The van der Waals surface area contributed by atoms with Crippen LogP contribution in [-0.2, 0) is 6.61 Å². The van der Waals surface area contributed by atoms with Crippen molar-refractivity contribution in [1.29, 1.82) is 0 Å². The fourth-order valence-corrected chi connectivity index (χ4v) is 1.84. The molecule has 1 aromatic carbocycles. The van der Waals surface area contributed by atoms with Gasteiger partial charge in [0.05, 0.1) is 5.56 Å². The Morgan fingerprint density at radius 1 is 1.20 bits per heavy atom. The highest BCUT2D eigenvalue weighted by molar-refractivity contribution is 5.48. The topological polar surface area (TPSA) is 47.0 Å². The SMILES string of the molecule is CCNc1nc(C)nc(OCc2ccccc2F)c1C. The molecule has 1 heterocycles. The van der Waals surface area contributed by atoms with E-state index in [1.807, 2.05) is 13.8 Å². The Hall–Kier alpha value is -2.17. The third kappa shape index (κ3) is 3.23. The van der Waals surface area contributed by atoms with Crippen molar-refractivity contribution in [3.8, 4) is 5.88 Å². The monoisotopic (exact) mass is 275 g/mol. The molecule has 0 aliphatic heterocycles. The molecule has 0 fully saturated rings. The van der Waals surface area contributed by atoms with Gasteiger partial charge in [0.25, 0.3) is 0 Å². The molecule has 0 aliphatic rings. The van der Waals surface area contributed by atoms with Gasteiger partial charge in [-0.25, -0.2) is 9.37 Å². The molecule has 0 atom stereocenters.